The summed E-state index contributed by atoms with van der Waals surface area (Å²) in [6.45, 7) is 0.879. The maximum Gasteiger partial charge on any atom is 0.210 e. The van der Waals surface area contributed by atoms with Crippen molar-refractivity contribution in [1.82, 2.24) is 24.6 Å². The molecule has 7 nitrogen and oxygen atoms in total. The summed E-state index contributed by atoms with van der Waals surface area (Å²) in [6, 6.07) is 6.91. The van der Waals surface area contributed by atoms with Gasteiger partial charge in [-0.15, -0.1) is 10.2 Å². The lowest BCUT2D eigenvalue weighted by molar-refractivity contribution is 0.356. The average molecular weight is 362 g/mol. The number of hydrogen-bond donors (Lipinski definition) is 1. The van der Waals surface area contributed by atoms with E-state index in [1.54, 1.807) is 35.4 Å². The molecule has 1 aliphatic rings. The smallest absolute Gasteiger partial charge is 0.210 e. The maximum absolute atomic E-state index is 14.3. The molecule has 5 rings (SSSR count). The molecular formula is C19H15FN6O. The van der Waals surface area contributed by atoms with Crippen molar-refractivity contribution in [1.29, 1.82) is 0 Å². The highest BCUT2D eigenvalue weighted by molar-refractivity contribution is 5.76. The fourth-order valence-corrected chi connectivity index (χ4v) is 3.35. The quantitative estimate of drug-likeness (QED) is 0.602. The molecule has 8 heteroatoms. The highest BCUT2D eigenvalue weighted by Crippen LogP contribution is 2.31. The molecular weight excluding hydrogens is 347 g/mol. The Bertz CT molecular complexity index is 1130. The lowest BCUT2D eigenvalue weighted by Gasteiger charge is -2.12. The van der Waals surface area contributed by atoms with Gasteiger partial charge in [0.15, 0.2) is 5.65 Å². The lowest BCUT2D eigenvalue weighted by atomic mass is 10.0. The summed E-state index contributed by atoms with van der Waals surface area (Å²) in [5.41, 5.74) is 3.89. The largest absolute Gasteiger partial charge is 0.493 e. The summed E-state index contributed by atoms with van der Waals surface area (Å²) in [5.74, 6) is 1.04. The van der Waals surface area contributed by atoms with Gasteiger partial charge in [0, 0.05) is 53.8 Å². The monoisotopic (exact) mass is 362 g/mol. The van der Waals surface area contributed by atoms with Gasteiger partial charge in [-0.25, -0.2) is 9.37 Å². The van der Waals surface area contributed by atoms with Crippen molar-refractivity contribution in [2.75, 3.05) is 11.9 Å². The van der Waals surface area contributed by atoms with Crippen LogP contribution in [0.25, 0.3) is 16.8 Å². The molecule has 0 spiro atoms. The molecule has 0 radical (unpaired) electrons. The van der Waals surface area contributed by atoms with E-state index in [0.29, 0.717) is 36.7 Å². The third kappa shape index (κ3) is 2.66. The molecule has 4 heterocycles. The average Bonchev–Trinajstić information content (AvgIpc) is 3.37. The van der Waals surface area contributed by atoms with Gasteiger partial charge in [0.1, 0.15) is 17.9 Å². The first-order valence-electron chi connectivity index (χ1n) is 8.57. The van der Waals surface area contributed by atoms with E-state index in [1.807, 2.05) is 12.1 Å². The minimum Gasteiger partial charge on any atom is -0.493 e. The van der Waals surface area contributed by atoms with Crippen LogP contribution in [0.15, 0.2) is 49.2 Å². The number of rotatable bonds is 4. The van der Waals surface area contributed by atoms with Gasteiger partial charge < -0.3 is 10.1 Å². The summed E-state index contributed by atoms with van der Waals surface area (Å²) in [5, 5.41) is 11.4. The maximum atomic E-state index is 14.3. The van der Waals surface area contributed by atoms with Gasteiger partial charge in [0.05, 0.1) is 6.61 Å². The molecule has 134 valence electrons. The van der Waals surface area contributed by atoms with Gasteiger partial charge >= 0.3 is 0 Å². The Morgan fingerprint density at radius 2 is 2.19 bits per heavy atom. The van der Waals surface area contributed by atoms with Crippen molar-refractivity contribution in [3.8, 4) is 16.9 Å². The fourth-order valence-electron chi connectivity index (χ4n) is 3.35. The highest BCUT2D eigenvalue weighted by Gasteiger charge is 2.20. The van der Waals surface area contributed by atoms with Crippen LogP contribution >= 0.6 is 0 Å². The Hall–Kier alpha value is -3.55. The number of hydrogen-bond acceptors (Lipinski definition) is 6. The summed E-state index contributed by atoms with van der Waals surface area (Å²) in [4.78, 5) is 8.62. The van der Waals surface area contributed by atoms with Crippen LogP contribution in [0.4, 0.5) is 10.3 Å². The van der Waals surface area contributed by atoms with Crippen LogP contribution in [0.1, 0.15) is 11.1 Å². The Morgan fingerprint density at radius 1 is 1.22 bits per heavy atom. The van der Waals surface area contributed by atoms with Gasteiger partial charge in [-0.2, -0.15) is 0 Å². The van der Waals surface area contributed by atoms with Crippen LogP contribution in [-0.2, 0) is 13.0 Å². The molecule has 0 aliphatic carbocycles. The molecule has 1 N–H and O–H groups in total. The number of anilines is 1. The Balaban J connectivity index is 1.49. The molecule has 4 aromatic rings. The zero-order chi connectivity index (χ0) is 18.2. The molecule has 0 saturated heterocycles. The van der Waals surface area contributed by atoms with Crippen LogP contribution in [0.3, 0.4) is 0 Å². The van der Waals surface area contributed by atoms with Crippen molar-refractivity contribution in [3.05, 3.63) is 66.1 Å². The van der Waals surface area contributed by atoms with Crippen LogP contribution in [0.2, 0.25) is 0 Å². The summed E-state index contributed by atoms with van der Waals surface area (Å²) >= 11 is 0. The molecule has 0 fully saturated rings. The third-order valence-corrected chi connectivity index (χ3v) is 4.67. The van der Waals surface area contributed by atoms with Crippen molar-refractivity contribution in [2.45, 2.75) is 13.0 Å². The van der Waals surface area contributed by atoms with Crippen LogP contribution in [-0.4, -0.2) is 31.2 Å². The van der Waals surface area contributed by atoms with Gasteiger partial charge in [-0.3, -0.25) is 9.38 Å². The minimum absolute atomic E-state index is 0.251. The minimum atomic E-state index is -0.251. The van der Waals surface area contributed by atoms with Crippen LogP contribution in [0.5, 0.6) is 5.75 Å². The number of benzene rings is 1. The van der Waals surface area contributed by atoms with E-state index in [1.165, 1.54) is 6.07 Å². The molecule has 3 aromatic heterocycles. The topological polar surface area (TPSA) is 77.2 Å². The molecule has 0 amide bonds. The van der Waals surface area contributed by atoms with Crippen LogP contribution in [0, 0.1) is 5.82 Å². The Morgan fingerprint density at radius 3 is 3.07 bits per heavy atom. The predicted octanol–water partition coefficient (Wildman–Crippen LogP) is 2.87. The van der Waals surface area contributed by atoms with Crippen LogP contribution < -0.4 is 10.1 Å². The first kappa shape index (κ1) is 15.7. The molecule has 1 aliphatic heterocycles. The molecule has 0 unspecified atom stereocenters. The second-order valence-electron chi connectivity index (χ2n) is 6.22. The van der Waals surface area contributed by atoms with Gasteiger partial charge in [-0.1, -0.05) is 6.07 Å². The third-order valence-electron chi connectivity index (χ3n) is 4.67. The summed E-state index contributed by atoms with van der Waals surface area (Å²) in [7, 11) is 0. The molecule has 1 aromatic carbocycles. The molecule has 0 bridgehead atoms. The van der Waals surface area contributed by atoms with Gasteiger partial charge in [-0.05, 0) is 18.2 Å². The van der Waals surface area contributed by atoms with Crippen molar-refractivity contribution < 1.29 is 9.13 Å². The first-order valence-corrected chi connectivity index (χ1v) is 8.57. The van der Waals surface area contributed by atoms with Crippen molar-refractivity contribution in [3.63, 3.8) is 0 Å². The zero-order valence-electron chi connectivity index (χ0n) is 14.3. The van der Waals surface area contributed by atoms with E-state index in [4.69, 9.17) is 4.74 Å². The number of fused-ring (bicyclic) bond motifs is 2. The normalized spacial score (nSPS) is 12.8. The number of nitrogens with one attached hydrogen (secondary N) is 1. The lowest BCUT2D eigenvalue weighted by Crippen LogP contribution is -2.09. The number of aromatic nitrogens is 5. The standard InChI is InChI=1S/C19H15FN6O/c20-16-3-4-17-13(5-7-27-17)15(16)10-23-19-22-9-14(12-2-1-6-21-8-12)18-25-24-11-26(18)19/h1-4,6,8-9,11H,5,7,10H2,(H,22,23). The molecule has 27 heavy (non-hydrogen) atoms. The molecule has 0 atom stereocenters. The fraction of sp³-hybridized carbons (Fsp3) is 0.158. The Labute approximate surface area is 153 Å². The van der Waals surface area contributed by atoms with Gasteiger partial charge in [0.25, 0.3) is 0 Å². The summed E-state index contributed by atoms with van der Waals surface area (Å²) < 4.78 is 21.6. The number of nitrogens with zero attached hydrogens (tertiary/aromatic N) is 5. The van der Waals surface area contributed by atoms with E-state index in [0.717, 1.165) is 22.4 Å². The second-order valence-corrected chi connectivity index (χ2v) is 6.22. The SMILES string of the molecule is Fc1ccc2c(c1CNc1ncc(-c3cccnc3)c3nncn13)CCO2. The van der Waals surface area contributed by atoms with E-state index in [2.05, 4.69) is 25.5 Å². The Kier molecular flexibility index (Phi) is 3.67. The number of halogens is 1. The van der Waals surface area contributed by atoms with E-state index >= 15 is 0 Å². The number of pyridine rings is 1. The first-order chi connectivity index (χ1) is 13.3. The predicted molar refractivity (Wildman–Crippen MR) is 96.9 cm³/mol. The second kappa shape index (κ2) is 6.31. The zero-order valence-corrected chi connectivity index (χ0v) is 14.3. The number of ether oxygens (including phenoxy) is 1. The summed E-state index contributed by atoms with van der Waals surface area (Å²) in [6.07, 6.45) is 7.48. The highest BCUT2D eigenvalue weighted by atomic mass is 19.1. The molecule has 0 saturated carbocycles. The van der Waals surface area contributed by atoms with Gasteiger partial charge in [0.2, 0.25) is 5.95 Å². The van der Waals surface area contributed by atoms with Crippen molar-refractivity contribution >= 4 is 11.6 Å². The van der Waals surface area contributed by atoms with E-state index in [-0.39, 0.29) is 5.82 Å². The van der Waals surface area contributed by atoms with E-state index in [9.17, 15) is 4.39 Å². The van der Waals surface area contributed by atoms with E-state index < -0.39 is 0 Å². The van der Waals surface area contributed by atoms with Crippen molar-refractivity contribution in [2.24, 2.45) is 0 Å².